The Hall–Kier alpha value is -0.770. The molecule has 0 aromatic carbocycles. The van der Waals surface area contributed by atoms with E-state index < -0.39 is 0 Å². The monoisotopic (exact) mass is 228 g/mol. The second-order valence-corrected chi connectivity index (χ2v) is 4.43. The first kappa shape index (κ1) is 13.3. The van der Waals surface area contributed by atoms with Gasteiger partial charge >= 0.3 is 6.09 Å². The van der Waals surface area contributed by atoms with E-state index in [1.807, 2.05) is 18.7 Å². The smallest absolute Gasteiger partial charge is 0.410 e. The lowest BCUT2D eigenvalue weighted by Crippen LogP contribution is -2.57. The van der Waals surface area contributed by atoms with E-state index in [4.69, 9.17) is 10.5 Å². The van der Waals surface area contributed by atoms with Crippen molar-refractivity contribution in [2.24, 2.45) is 5.73 Å². The first-order chi connectivity index (χ1) is 7.70. The Morgan fingerprint density at radius 3 is 2.38 bits per heavy atom. The summed E-state index contributed by atoms with van der Waals surface area (Å²) >= 11 is 0. The Morgan fingerprint density at radius 2 is 1.94 bits per heavy atom. The highest BCUT2D eigenvalue weighted by Gasteiger charge is 2.39. The molecule has 0 atom stereocenters. The normalized spacial score (nSPS) is 19.2. The summed E-state index contributed by atoms with van der Waals surface area (Å²) in [5.74, 6) is 0. The molecule has 16 heavy (non-hydrogen) atoms. The van der Waals surface area contributed by atoms with Crippen molar-refractivity contribution in [1.29, 1.82) is 0 Å². The van der Waals surface area contributed by atoms with Crippen molar-refractivity contribution >= 4 is 6.09 Å². The van der Waals surface area contributed by atoms with Gasteiger partial charge in [-0.25, -0.2) is 4.79 Å². The summed E-state index contributed by atoms with van der Waals surface area (Å²) < 4.78 is 5.11. The van der Waals surface area contributed by atoms with Crippen LogP contribution in [0.1, 0.15) is 46.0 Å². The van der Waals surface area contributed by atoms with Crippen molar-refractivity contribution in [3.05, 3.63) is 0 Å². The maximum Gasteiger partial charge on any atom is 0.410 e. The van der Waals surface area contributed by atoms with Crippen LogP contribution in [0.3, 0.4) is 0 Å². The van der Waals surface area contributed by atoms with E-state index in [1.54, 1.807) is 0 Å². The van der Waals surface area contributed by atoms with E-state index in [1.165, 1.54) is 6.42 Å². The van der Waals surface area contributed by atoms with Gasteiger partial charge in [0, 0.05) is 13.1 Å². The molecule has 0 heterocycles. The predicted octanol–water partition coefficient (Wildman–Crippen LogP) is 2.13. The van der Waals surface area contributed by atoms with E-state index in [9.17, 15) is 4.79 Å². The molecule has 1 rings (SSSR count). The third-order valence-electron chi connectivity index (χ3n) is 3.54. The van der Waals surface area contributed by atoms with Gasteiger partial charge in [0.05, 0.1) is 12.1 Å². The SMILES string of the molecule is CCOC(=O)N(CC)C1(CN)CCCCC1. The molecule has 2 N–H and O–H groups in total. The van der Waals surface area contributed by atoms with Crippen molar-refractivity contribution in [1.82, 2.24) is 4.90 Å². The zero-order chi connectivity index (χ0) is 12.0. The molecule has 0 saturated heterocycles. The molecule has 0 aromatic rings. The van der Waals surface area contributed by atoms with Crippen molar-refractivity contribution in [2.75, 3.05) is 19.7 Å². The van der Waals surface area contributed by atoms with Crippen LogP contribution in [0.4, 0.5) is 4.79 Å². The van der Waals surface area contributed by atoms with Gasteiger partial charge in [-0.05, 0) is 26.7 Å². The molecule has 1 fully saturated rings. The van der Waals surface area contributed by atoms with Gasteiger partial charge in [-0.1, -0.05) is 19.3 Å². The van der Waals surface area contributed by atoms with Crippen LogP contribution in [-0.4, -0.2) is 36.2 Å². The van der Waals surface area contributed by atoms with Crippen molar-refractivity contribution in [2.45, 2.75) is 51.5 Å². The third kappa shape index (κ3) is 2.67. The summed E-state index contributed by atoms with van der Waals surface area (Å²) in [6.45, 7) is 5.47. The van der Waals surface area contributed by atoms with E-state index in [0.717, 1.165) is 25.7 Å². The summed E-state index contributed by atoms with van der Waals surface area (Å²) in [7, 11) is 0. The molecular weight excluding hydrogens is 204 g/mol. The van der Waals surface area contributed by atoms with Crippen molar-refractivity contribution in [3.63, 3.8) is 0 Å². The van der Waals surface area contributed by atoms with Crippen LogP contribution in [0.15, 0.2) is 0 Å². The van der Waals surface area contributed by atoms with E-state index in [2.05, 4.69) is 0 Å². The largest absolute Gasteiger partial charge is 0.450 e. The minimum Gasteiger partial charge on any atom is -0.450 e. The van der Waals surface area contributed by atoms with Crippen LogP contribution in [0.5, 0.6) is 0 Å². The van der Waals surface area contributed by atoms with Gasteiger partial charge in [0.1, 0.15) is 0 Å². The topological polar surface area (TPSA) is 55.6 Å². The summed E-state index contributed by atoms with van der Waals surface area (Å²) in [4.78, 5) is 13.7. The molecular formula is C12H24N2O2. The van der Waals surface area contributed by atoms with Crippen LogP contribution in [0, 0.1) is 0 Å². The molecule has 4 heteroatoms. The molecule has 0 aromatic heterocycles. The van der Waals surface area contributed by atoms with Crippen LogP contribution in [0.25, 0.3) is 0 Å². The van der Waals surface area contributed by atoms with Crippen LogP contribution >= 0.6 is 0 Å². The molecule has 4 nitrogen and oxygen atoms in total. The van der Waals surface area contributed by atoms with Crippen molar-refractivity contribution < 1.29 is 9.53 Å². The van der Waals surface area contributed by atoms with Gasteiger partial charge in [0.2, 0.25) is 0 Å². The number of carbonyl (C=O) groups is 1. The maximum atomic E-state index is 11.9. The molecule has 0 unspecified atom stereocenters. The summed E-state index contributed by atoms with van der Waals surface area (Å²) in [6.07, 6.45) is 5.38. The highest BCUT2D eigenvalue weighted by Crippen LogP contribution is 2.33. The molecule has 1 aliphatic carbocycles. The van der Waals surface area contributed by atoms with Crippen LogP contribution in [-0.2, 0) is 4.74 Å². The fourth-order valence-corrected chi connectivity index (χ4v) is 2.65. The minimum atomic E-state index is -0.211. The van der Waals surface area contributed by atoms with Gasteiger partial charge in [-0.3, -0.25) is 0 Å². The van der Waals surface area contributed by atoms with E-state index in [0.29, 0.717) is 19.7 Å². The van der Waals surface area contributed by atoms with Crippen LogP contribution < -0.4 is 5.73 Å². The number of nitrogens with two attached hydrogens (primary N) is 1. The summed E-state index contributed by atoms with van der Waals surface area (Å²) in [6, 6.07) is 0. The zero-order valence-electron chi connectivity index (χ0n) is 10.5. The van der Waals surface area contributed by atoms with Gasteiger partial charge in [-0.15, -0.1) is 0 Å². The number of hydrogen-bond donors (Lipinski definition) is 1. The number of likely N-dealkylation sites (N-methyl/N-ethyl adjacent to an activating group) is 1. The molecule has 0 radical (unpaired) electrons. The van der Waals surface area contributed by atoms with Crippen molar-refractivity contribution in [3.8, 4) is 0 Å². The number of carbonyl (C=O) groups excluding carboxylic acids is 1. The number of amides is 1. The maximum absolute atomic E-state index is 11.9. The average molecular weight is 228 g/mol. The quantitative estimate of drug-likeness (QED) is 0.802. The third-order valence-corrected chi connectivity index (χ3v) is 3.54. The number of rotatable bonds is 4. The number of ether oxygens (including phenoxy) is 1. The number of nitrogens with zero attached hydrogens (tertiary/aromatic N) is 1. The Bertz CT molecular complexity index is 225. The second kappa shape index (κ2) is 6.09. The molecule has 0 spiro atoms. The highest BCUT2D eigenvalue weighted by atomic mass is 16.6. The van der Waals surface area contributed by atoms with Gasteiger partial charge in [0.15, 0.2) is 0 Å². The molecule has 94 valence electrons. The fourth-order valence-electron chi connectivity index (χ4n) is 2.65. The molecule has 1 aliphatic rings. The predicted molar refractivity (Wildman–Crippen MR) is 64.3 cm³/mol. The molecule has 1 amide bonds. The van der Waals surface area contributed by atoms with Gasteiger partial charge in [0.25, 0.3) is 0 Å². The van der Waals surface area contributed by atoms with Gasteiger partial charge in [-0.2, -0.15) is 0 Å². The standard InChI is InChI=1S/C12H24N2O2/c1-3-14(11(15)16-4-2)12(10-13)8-6-5-7-9-12/h3-10,13H2,1-2H3. The minimum absolute atomic E-state index is 0.154. The van der Waals surface area contributed by atoms with E-state index >= 15 is 0 Å². The van der Waals surface area contributed by atoms with E-state index in [-0.39, 0.29) is 11.6 Å². The summed E-state index contributed by atoms with van der Waals surface area (Å²) in [5.41, 5.74) is 5.75. The molecule has 0 bridgehead atoms. The first-order valence-corrected chi connectivity index (χ1v) is 6.34. The highest BCUT2D eigenvalue weighted by molar-refractivity contribution is 5.68. The lowest BCUT2D eigenvalue weighted by Gasteiger charge is -2.44. The Morgan fingerprint density at radius 1 is 1.31 bits per heavy atom. The van der Waals surface area contributed by atoms with Gasteiger partial charge < -0.3 is 15.4 Å². The Labute approximate surface area is 98.1 Å². The Balaban J connectivity index is 2.77. The zero-order valence-corrected chi connectivity index (χ0v) is 10.5. The molecule has 1 saturated carbocycles. The molecule has 0 aliphatic heterocycles. The fraction of sp³-hybridized carbons (Fsp3) is 0.917. The average Bonchev–Trinajstić information content (AvgIpc) is 2.31. The lowest BCUT2D eigenvalue weighted by atomic mass is 9.80. The first-order valence-electron chi connectivity index (χ1n) is 6.34. The number of hydrogen-bond acceptors (Lipinski definition) is 3. The van der Waals surface area contributed by atoms with Crippen LogP contribution in [0.2, 0.25) is 0 Å². The second-order valence-electron chi connectivity index (χ2n) is 4.43. The summed E-state index contributed by atoms with van der Waals surface area (Å²) in [5, 5.41) is 0. The Kier molecular flexibility index (Phi) is 5.06. The lowest BCUT2D eigenvalue weighted by molar-refractivity contribution is 0.0388.